The summed E-state index contributed by atoms with van der Waals surface area (Å²) in [5.41, 5.74) is 2.92. The van der Waals surface area contributed by atoms with E-state index in [0.717, 1.165) is 41.1 Å². The SMILES string of the molecule is Cc1cc2cc[nH]c2cc1NC(=O)N1CCN(c2cnccn2)CC1. The van der Waals surface area contributed by atoms with Gasteiger partial charge in [-0.15, -0.1) is 0 Å². The fourth-order valence-corrected chi connectivity index (χ4v) is 3.14. The zero-order chi connectivity index (χ0) is 17.2. The highest BCUT2D eigenvalue weighted by Crippen LogP contribution is 2.23. The molecule has 1 fully saturated rings. The zero-order valence-corrected chi connectivity index (χ0v) is 14.1. The second kappa shape index (κ2) is 6.43. The van der Waals surface area contributed by atoms with Crippen molar-refractivity contribution in [3.8, 4) is 0 Å². The minimum Gasteiger partial charge on any atom is -0.361 e. The quantitative estimate of drug-likeness (QED) is 0.754. The summed E-state index contributed by atoms with van der Waals surface area (Å²) in [4.78, 5) is 28.2. The molecule has 4 rings (SSSR count). The van der Waals surface area contributed by atoms with Crippen molar-refractivity contribution in [2.45, 2.75) is 6.92 Å². The van der Waals surface area contributed by atoms with Gasteiger partial charge in [-0.05, 0) is 36.1 Å². The number of aryl methyl sites for hydroxylation is 1. The van der Waals surface area contributed by atoms with Gasteiger partial charge in [0.1, 0.15) is 5.82 Å². The van der Waals surface area contributed by atoms with Crippen LogP contribution in [0.5, 0.6) is 0 Å². The van der Waals surface area contributed by atoms with Crippen molar-refractivity contribution in [2.24, 2.45) is 0 Å². The fraction of sp³-hybridized carbons (Fsp3) is 0.278. The number of benzene rings is 1. The molecule has 128 valence electrons. The van der Waals surface area contributed by atoms with Gasteiger partial charge in [-0.3, -0.25) is 4.98 Å². The first-order valence-electron chi connectivity index (χ1n) is 8.35. The number of H-pyrrole nitrogens is 1. The van der Waals surface area contributed by atoms with Crippen LogP contribution >= 0.6 is 0 Å². The van der Waals surface area contributed by atoms with Crippen LogP contribution in [0.1, 0.15) is 5.56 Å². The van der Waals surface area contributed by atoms with Gasteiger partial charge in [0.05, 0.1) is 6.20 Å². The van der Waals surface area contributed by atoms with Crippen LogP contribution in [-0.4, -0.2) is 52.1 Å². The van der Waals surface area contributed by atoms with Crippen LogP contribution in [0.25, 0.3) is 10.9 Å². The average Bonchev–Trinajstić information content (AvgIpc) is 3.10. The molecule has 3 heterocycles. The highest BCUT2D eigenvalue weighted by atomic mass is 16.2. The Morgan fingerprint density at radius 2 is 2.04 bits per heavy atom. The van der Waals surface area contributed by atoms with Crippen LogP contribution in [0.4, 0.5) is 16.3 Å². The number of aromatic nitrogens is 3. The first kappa shape index (κ1) is 15.4. The van der Waals surface area contributed by atoms with Crippen molar-refractivity contribution in [3.63, 3.8) is 0 Å². The van der Waals surface area contributed by atoms with Crippen LogP contribution in [0.2, 0.25) is 0 Å². The van der Waals surface area contributed by atoms with E-state index in [9.17, 15) is 4.79 Å². The number of hydrogen-bond acceptors (Lipinski definition) is 4. The molecule has 1 aliphatic heterocycles. The number of aromatic amines is 1. The summed E-state index contributed by atoms with van der Waals surface area (Å²) in [6.45, 7) is 4.83. The molecule has 2 amide bonds. The maximum absolute atomic E-state index is 12.6. The highest BCUT2D eigenvalue weighted by molar-refractivity contribution is 5.94. The van der Waals surface area contributed by atoms with E-state index >= 15 is 0 Å². The summed E-state index contributed by atoms with van der Waals surface area (Å²) >= 11 is 0. The number of carbonyl (C=O) groups excluding carboxylic acids is 1. The predicted octanol–water partition coefficient (Wildman–Crippen LogP) is 2.62. The summed E-state index contributed by atoms with van der Waals surface area (Å²) in [5.74, 6) is 0.857. The lowest BCUT2D eigenvalue weighted by Gasteiger charge is -2.35. The minimum absolute atomic E-state index is 0.0622. The molecule has 0 unspecified atom stereocenters. The molecule has 7 heteroatoms. The topological polar surface area (TPSA) is 77.2 Å². The van der Waals surface area contributed by atoms with Crippen LogP contribution in [0, 0.1) is 6.92 Å². The smallest absolute Gasteiger partial charge is 0.321 e. The average molecular weight is 336 g/mol. The number of urea groups is 1. The van der Waals surface area contributed by atoms with Crippen LogP contribution in [0.3, 0.4) is 0 Å². The Hall–Kier alpha value is -3.09. The van der Waals surface area contributed by atoms with Gasteiger partial charge in [0.15, 0.2) is 0 Å². The molecular formula is C18H20N6O. The Bertz CT molecular complexity index is 883. The van der Waals surface area contributed by atoms with Gasteiger partial charge in [-0.25, -0.2) is 9.78 Å². The van der Waals surface area contributed by atoms with Crippen molar-refractivity contribution >= 4 is 28.4 Å². The standard InChI is InChI=1S/C18H20N6O/c1-13-10-14-2-3-20-16(14)11-15(13)22-18(25)24-8-6-23(7-9-24)17-12-19-4-5-21-17/h2-5,10-12,20H,6-9H2,1H3,(H,22,25). The molecular weight excluding hydrogens is 316 g/mol. The number of carbonyl (C=O) groups is 1. The number of piperazine rings is 1. The van der Waals surface area contributed by atoms with E-state index in [2.05, 4.69) is 31.2 Å². The molecule has 3 aromatic rings. The molecule has 0 atom stereocenters. The fourth-order valence-electron chi connectivity index (χ4n) is 3.14. The van der Waals surface area contributed by atoms with Crippen molar-refractivity contribution in [1.29, 1.82) is 0 Å². The largest absolute Gasteiger partial charge is 0.361 e. The maximum Gasteiger partial charge on any atom is 0.321 e. The van der Waals surface area contributed by atoms with Crippen molar-refractivity contribution in [2.75, 3.05) is 36.4 Å². The highest BCUT2D eigenvalue weighted by Gasteiger charge is 2.22. The number of nitrogens with zero attached hydrogens (tertiary/aromatic N) is 4. The molecule has 1 aromatic carbocycles. The first-order valence-corrected chi connectivity index (χ1v) is 8.35. The predicted molar refractivity (Wildman–Crippen MR) is 97.9 cm³/mol. The van der Waals surface area contributed by atoms with Gasteiger partial charge < -0.3 is 20.1 Å². The molecule has 0 spiro atoms. The Morgan fingerprint density at radius 3 is 2.80 bits per heavy atom. The molecule has 2 aromatic heterocycles. The lowest BCUT2D eigenvalue weighted by atomic mass is 10.1. The Balaban J connectivity index is 1.41. The van der Waals surface area contributed by atoms with Gasteiger partial charge in [-0.2, -0.15) is 0 Å². The number of fused-ring (bicyclic) bond motifs is 1. The van der Waals surface area contributed by atoms with E-state index in [-0.39, 0.29) is 6.03 Å². The number of anilines is 2. The minimum atomic E-state index is -0.0622. The summed E-state index contributed by atoms with van der Waals surface area (Å²) < 4.78 is 0. The second-order valence-electron chi connectivity index (χ2n) is 6.20. The monoisotopic (exact) mass is 336 g/mol. The number of nitrogens with one attached hydrogen (secondary N) is 2. The molecule has 0 saturated carbocycles. The number of rotatable bonds is 2. The van der Waals surface area contributed by atoms with Gasteiger partial charge in [0.25, 0.3) is 0 Å². The molecule has 2 N–H and O–H groups in total. The maximum atomic E-state index is 12.6. The normalized spacial score (nSPS) is 14.8. The molecule has 0 radical (unpaired) electrons. The van der Waals surface area contributed by atoms with Gasteiger partial charge in [0.2, 0.25) is 0 Å². The number of hydrogen-bond donors (Lipinski definition) is 2. The molecule has 25 heavy (non-hydrogen) atoms. The third-order valence-electron chi connectivity index (χ3n) is 4.58. The Morgan fingerprint density at radius 1 is 1.20 bits per heavy atom. The van der Waals surface area contributed by atoms with Gasteiger partial charge in [0, 0.05) is 56.0 Å². The summed E-state index contributed by atoms with van der Waals surface area (Å²) in [5, 5.41) is 4.18. The number of amides is 2. The second-order valence-corrected chi connectivity index (χ2v) is 6.20. The van der Waals surface area contributed by atoms with E-state index in [0.29, 0.717) is 13.1 Å². The Labute approximate surface area is 145 Å². The van der Waals surface area contributed by atoms with E-state index in [4.69, 9.17) is 0 Å². The van der Waals surface area contributed by atoms with Crippen LogP contribution in [0.15, 0.2) is 43.0 Å². The van der Waals surface area contributed by atoms with E-state index in [1.807, 2.05) is 30.2 Å². The summed E-state index contributed by atoms with van der Waals surface area (Å²) in [6.07, 6.45) is 7.01. The van der Waals surface area contributed by atoms with E-state index < -0.39 is 0 Å². The van der Waals surface area contributed by atoms with Gasteiger partial charge >= 0.3 is 6.03 Å². The molecule has 0 bridgehead atoms. The third-order valence-corrected chi connectivity index (χ3v) is 4.58. The summed E-state index contributed by atoms with van der Waals surface area (Å²) in [6, 6.07) is 6.03. The molecule has 0 aliphatic carbocycles. The Kier molecular flexibility index (Phi) is 3.97. The first-order chi connectivity index (χ1) is 12.2. The molecule has 1 saturated heterocycles. The van der Waals surface area contributed by atoms with E-state index in [1.165, 1.54) is 0 Å². The molecule has 7 nitrogen and oxygen atoms in total. The van der Waals surface area contributed by atoms with Crippen molar-refractivity contribution < 1.29 is 4.79 Å². The van der Waals surface area contributed by atoms with Gasteiger partial charge in [-0.1, -0.05) is 0 Å². The lowest BCUT2D eigenvalue weighted by Crippen LogP contribution is -2.50. The van der Waals surface area contributed by atoms with Crippen molar-refractivity contribution in [3.05, 3.63) is 48.5 Å². The van der Waals surface area contributed by atoms with Crippen LogP contribution in [-0.2, 0) is 0 Å². The van der Waals surface area contributed by atoms with E-state index in [1.54, 1.807) is 18.6 Å². The van der Waals surface area contributed by atoms with Crippen molar-refractivity contribution in [1.82, 2.24) is 19.9 Å². The zero-order valence-electron chi connectivity index (χ0n) is 14.1. The van der Waals surface area contributed by atoms with Crippen LogP contribution < -0.4 is 10.2 Å². The molecule has 1 aliphatic rings. The summed E-state index contributed by atoms with van der Waals surface area (Å²) in [7, 11) is 0. The third kappa shape index (κ3) is 3.13. The lowest BCUT2D eigenvalue weighted by molar-refractivity contribution is 0.208.